The van der Waals surface area contributed by atoms with Crippen molar-refractivity contribution < 1.29 is 14.6 Å². The number of carbonyl (C=O) groups is 1. The van der Waals surface area contributed by atoms with Gasteiger partial charge in [0.25, 0.3) is 5.91 Å². The summed E-state index contributed by atoms with van der Waals surface area (Å²) in [5.41, 5.74) is 2.29. The van der Waals surface area contributed by atoms with Crippen LogP contribution < -0.4 is 9.64 Å². The summed E-state index contributed by atoms with van der Waals surface area (Å²) < 4.78 is 5.22. The summed E-state index contributed by atoms with van der Waals surface area (Å²) in [6, 6.07) is 12.7. The molecule has 1 aliphatic rings. The topological polar surface area (TPSA) is 49.8 Å². The minimum absolute atomic E-state index is 0.0533. The summed E-state index contributed by atoms with van der Waals surface area (Å²) in [6.07, 6.45) is 1.89. The van der Waals surface area contributed by atoms with E-state index in [4.69, 9.17) is 4.74 Å². The maximum absolute atomic E-state index is 12.8. The first-order chi connectivity index (χ1) is 10.2. The Hall–Kier alpha value is -2.49. The third-order valence-corrected chi connectivity index (χ3v) is 3.79. The molecule has 1 N–H and O–H groups in total. The number of methoxy groups -OCH3 is 1. The minimum Gasteiger partial charge on any atom is -0.507 e. The first-order valence-corrected chi connectivity index (χ1v) is 6.98. The summed E-state index contributed by atoms with van der Waals surface area (Å²) in [7, 11) is 1.50. The lowest BCUT2D eigenvalue weighted by Crippen LogP contribution is -2.35. The molecular weight excluding hydrogens is 266 g/mol. The first-order valence-electron chi connectivity index (χ1n) is 6.98. The molecule has 1 aliphatic heterocycles. The zero-order valence-electron chi connectivity index (χ0n) is 11.9. The van der Waals surface area contributed by atoms with E-state index in [0.29, 0.717) is 12.3 Å². The smallest absolute Gasteiger partial charge is 0.265 e. The highest BCUT2D eigenvalue weighted by Gasteiger charge is 2.27. The van der Waals surface area contributed by atoms with Gasteiger partial charge in [0.05, 0.1) is 7.11 Å². The number of anilines is 1. The molecule has 0 aliphatic carbocycles. The number of amides is 1. The summed E-state index contributed by atoms with van der Waals surface area (Å²) in [4.78, 5) is 14.6. The van der Waals surface area contributed by atoms with Gasteiger partial charge in [0.1, 0.15) is 17.1 Å². The average molecular weight is 283 g/mol. The molecule has 0 atom stereocenters. The Morgan fingerprint density at radius 2 is 2.00 bits per heavy atom. The van der Waals surface area contributed by atoms with Crippen molar-refractivity contribution in [3.8, 4) is 11.5 Å². The van der Waals surface area contributed by atoms with Crippen LogP contribution in [0.2, 0.25) is 0 Å². The SMILES string of the molecule is COc1cccc(O)c1C(=O)N1CCCc2ccccc21. The Kier molecular flexibility index (Phi) is 3.52. The lowest BCUT2D eigenvalue weighted by molar-refractivity contribution is 0.0979. The minimum atomic E-state index is -0.225. The van der Waals surface area contributed by atoms with Gasteiger partial charge in [-0.05, 0) is 36.6 Å². The van der Waals surface area contributed by atoms with Crippen molar-refractivity contribution in [2.75, 3.05) is 18.6 Å². The summed E-state index contributed by atoms with van der Waals surface area (Å²) >= 11 is 0. The molecule has 2 aromatic rings. The number of carbonyl (C=O) groups excluding carboxylic acids is 1. The van der Waals surface area contributed by atoms with Crippen LogP contribution in [0.1, 0.15) is 22.3 Å². The predicted octanol–water partition coefficient (Wildman–Crippen LogP) is 2.99. The Labute approximate surface area is 123 Å². The molecule has 4 nitrogen and oxygen atoms in total. The molecule has 4 heteroatoms. The molecule has 1 amide bonds. The van der Waals surface area contributed by atoms with Crippen LogP contribution in [-0.4, -0.2) is 24.7 Å². The van der Waals surface area contributed by atoms with Gasteiger partial charge in [-0.2, -0.15) is 0 Å². The molecule has 21 heavy (non-hydrogen) atoms. The normalized spacial score (nSPS) is 13.7. The van der Waals surface area contributed by atoms with E-state index in [1.807, 2.05) is 24.3 Å². The fourth-order valence-corrected chi connectivity index (χ4v) is 2.78. The molecule has 3 rings (SSSR count). The molecule has 0 radical (unpaired) electrons. The Balaban J connectivity index is 2.05. The number of hydrogen-bond acceptors (Lipinski definition) is 3. The number of fused-ring (bicyclic) bond motifs is 1. The van der Waals surface area contributed by atoms with Crippen LogP contribution in [0.3, 0.4) is 0 Å². The van der Waals surface area contributed by atoms with Crippen molar-refractivity contribution in [3.05, 3.63) is 53.6 Å². The van der Waals surface area contributed by atoms with Crippen molar-refractivity contribution in [2.45, 2.75) is 12.8 Å². The summed E-state index contributed by atoms with van der Waals surface area (Å²) in [6.45, 7) is 0.646. The Morgan fingerprint density at radius 1 is 1.19 bits per heavy atom. The molecule has 0 saturated heterocycles. The predicted molar refractivity (Wildman–Crippen MR) is 81.1 cm³/mol. The molecule has 0 aromatic heterocycles. The van der Waals surface area contributed by atoms with Gasteiger partial charge in [-0.3, -0.25) is 4.79 Å². The van der Waals surface area contributed by atoms with Gasteiger partial charge < -0.3 is 14.7 Å². The third-order valence-electron chi connectivity index (χ3n) is 3.79. The molecular formula is C17H17NO3. The second-order valence-corrected chi connectivity index (χ2v) is 5.04. The summed E-state index contributed by atoms with van der Waals surface area (Å²) in [5, 5.41) is 10.0. The van der Waals surface area contributed by atoms with Crippen molar-refractivity contribution in [2.24, 2.45) is 0 Å². The van der Waals surface area contributed by atoms with Gasteiger partial charge in [0.2, 0.25) is 0 Å². The van der Waals surface area contributed by atoms with Crippen LogP contribution in [0.15, 0.2) is 42.5 Å². The molecule has 0 spiro atoms. The van der Waals surface area contributed by atoms with Crippen LogP contribution in [0.4, 0.5) is 5.69 Å². The molecule has 108 valence electrons. The fourth-order valence-electron chi connectivity index (χ4n) is 2.78. The van der Waals surface area contributed by atoms with Crippen LogP contribution in [0, 0.1) is 0 Å². The number of aromatic hydroxyl groups is 1. The number of phenols is 1. The van der Waals surface area contributed by atoms with E-state index in [1.54, 1.807) is 17.0 Å². The maximum Gasteiger partial charge on any atom is 0.265 e. The van der Waals surface area contributed by atoms with Crippen molar-refractivity contribution >= 4 is 11.6 Å². The lowest BCUT2D eigenvalue weighted by atomic mass is 10.0. The number of ether oxygens (including phenoxy) is 1. The van der Waals surface area contributed by atoms with Crippen LogP contribution in [0.5, 0.6) is 11.5 Å². The number of phenolic OH excluding ortho intramolecular Hbond substituents is 1. The molecule has 0 unspecified atom stereocenters. The number of aryl methyl sites for hydroxylation is 1. The van der Waals surface area contributed by atoms with Gasteiger partial charge in [-0.15, -0.1) is 0 Å². The second-order valence-electron chi connectivity index (χ2n) is 5.04. The molecule has 0 fully saturated rings. The quantitative estimate of drug-likeness (QED) is 0.921. The average Bonchev–Trinajstić information content (AvgIpc) is 2.53. The molecule has 1 heterocycles. The molecule has 0 saturated carbocycles. The van der Waals surface area contributed by atoms with Crippen molar-refractivity contribution in [1.82, 2.24) is 0 Å². The standard InChI is InChI=1S/C17H17NO3/c1-21-15-10-4-9-14(19)16(15)17(20)18-11-5-7-12-6-2-3-8-13(12)18/h2-4,6,8-10,19H,5,7,11H2,1H3. The highest BCUT2D eigenvalue weighted by molar-refractivity contribution is 6.10. The second kappa shape index (κ2) is 5.48. The fraction of sp³-hybridized carbons (Fsp3) is 0.235. The highest BCUT2D eigenvalue weighted by Crippen LogP contribution is 2.33. The van der Waals surface area contributed by atoms with E-state index in [1.165, 1.54) is 13.2 Å². The van der Waals surface area contributed by atoms with E-state index >= 15 is 0 Å². The van der Waals surface area contributed by atoms with Gasteiger partial charge in [-0.1, -0.05) is 24.3 Å². The largest absolute Gasteiger partial charge is 0.507 e. The van der Waals surface area contributed by atoms with Crippen LogP contribution >= 0.6 is 0 Å². The number of hydrogen-bond donors (Lipinski definition) is 1. The Bertz CT molecular complexity index is 681. The highest BCUT2D eigenvalue weighted by atomic mass is 16.5. The third kappa shape index (κ3) is 2.33. The van der Waals surface area contributed by atoms with Gasteiger partial charge in [-0.25, -0.2) is 0 Å². The number of para-hydroxylation sites is 1. The van der Waals surface area contributed by atoms with Crippen molar-refractivity contribution in [3.63, 3.8) is 0 Å². The molecule has 2 aromatic carbocycles. The number of nitrogens with zero attached hydrogens (tertiary/aromatic N) is 1. The van der Waals surface area contributed by atoms with Gasteiger partial charge >= 0.3 is 0 Å². The zero-order chi connectivity index (χ0) is 14.8. The lowest BCUT2D eigenvalue weighted by Gasteiger charge is -2.30. The number of rotatable bonds is 2. The van der Waals surface area contributed by atoms with E-state index < -0.39 is 0 Å². The monoisotopic (exact) mass is 283 g/mol. The van der Waals surface area contributed by atoms with E-state index in [0.717, 1.165) is 24.1 Å². The van der Waals surface area contributed by atoms with Gasteiger partial charge in [0, 0.05) is 12.2 Å². The van der Waals surface area contributed by atoms with Crippen molar-refractivity contribution in [1.29, 1.82) is 0 Å². The zero-order valence-corrected chi connectivity index (χ0v) is 11.9. The summed E-state index contributed by atoms with van der Waals surface area (Å²) in [5.74, 6) is 0.113. The van der Waals surface area contributed by atoms with E-state index in [9.17, 15) is 9.90 Å². The van der Waals surface area contributed by atoms with E-state index in [-0.39, 0.29) is 17.2 Å². The van der Waals surface area contributed by atoms with Crippen LogP contribution in [0.25, 0.3) is 0 Å². The maximum atomic E-state index is 12.8. The molecule has 0 bridgehead atoms. The van der Waals surface area contributed by atoms with Crippen LogP contribution in [-0.2, 0) is 6.42 Å². The first kappa shape index (κ1) is 13.5. The Morgan fingerprint density at radius 3 is 2.81 bits per heavy atom. The number of benzene rings is 2. The van der Waals surface area contributed by atoms with E-state index in [2.05, 4.69) is 0 Å². The van der Waals surface area contributed by atoms with Gasteiger partial charge in [0.15, 0.2) is 0 Å².